The second-order valence-electron chi connectivity index (χ2n) is 4.69. The third-order valence-corrected chi connectivity index (χ3v) is 3.03. The van der Waals surface area contributed by atoms with Gasteiger partial charge in [0, 0.05) is 19.5 Å². The largest absolute Gasteiger partial charge is 0.329 e. The topological polar surface area (TPSA) is 111 Å². The Morgan fingerprint density at radius 2 is 1.78 bits per heavy atom. The predicted octanol–water partition coefficient (Wildman–Crippen LogP) is 2.59. The summed E-state index contributed by atoms with van der Waals surface area (Å²) in [7, 11) is 0. The number of nitriles is 1. The molecule has 8 heteroatoms. The maximum absolute atomic E-state index is 11.2. The number of H-pyrrole nitrogens is 1. The second kappa shape index (κ2) is 6.81. The maximum atomic E-state index is 11.2. The third kappa shape index (κ3) is 3.99. The van der Waals surface area contributed by atoms with Gasteiger partial charge >= 0.3 is 0 Å². The Balaban J connectivity index is 2.52. The van der Waals surface area contributed by atoms with E-state index in [1.54, 1.807) is 24.3 Å². The molecule has 0 unspecified atom stereocenters. The van der Waals surface area contributed by atoms with E-state index in [-0.39, 0.29) is 28.0 Å². The minimum Gasteiger partial charge on any atom is -0.329 e. The molecule has 3 N–H and O–H groups in total. The van der Waals surface area contributed by atoms with Crippen LogP contribution in [0.2, 0.25) is 0 Å². The number of aromatic amines is 1. The van der Waals surface area contributed by atoms with Crippen LogP contribution in [0.5, 0.6) is 0 Å². The van der Waals surface area contributed by atoms with Crippen molar-refractivity contribution >= 4 is 35.5 Å². The van der Waals surface area contributed by atoms with Crippen LogP contribution in [0.15, 0.2) is 24.3 Å². The van der Waals surface area contributed by atoms with Gasteiger partial charge in [0.1, 0.15) is 11.6 Å². The molecule has 0 saturated heterocycles. The van der Waals surface area contributed by atoms with E-state index in [2.05, 4.69) is 20.6 Å². The molecule has 1 heterocycles. The van der Waals surface area contributed by atoms with Gasteiger partial charge in [-0.1, -0.05) is 12.1 Å². The summed E-state index contributed by atoms with van der Waals surface area (Å²) < 4.78 is 0.147. The van der Waals surface area contributed by atoms with E-state index in [4.69, 9.17) is 12.2 Å². The smallest absolute Gasteiger partial charge is 0.222 e. The van der Waals surface area contributed by atoms with Gasteiger partial charge in [-0.2, -0.15) is 5.26 Å². The van der Waals surface area contributed by atoms with E-state index in [1.807, 2.05) is 6.07 Å². The van der Waals surface area contributed by atoms with Crippen molar-refractivity contribution in [1.29, 1.82) is 5.26 Å². The zero-order valence-electron chi connectivity index (χ0n) is 12.4. The monoisotopic (exact) mass is 327 g/mol. The molecule has 2 rings (SSSR count). The summed E-state index contributed by atoms with van der Waals surface area (Å²) in [5.74, 6) is -0.405. The van der Waals surface area contributed by atoms with E-state index in [0.29, 0.717) is 16.9 Å². The van der Waals surface area contributed by atoms with Crippen LogP contribution in [-0.2, 0) is 9.59 Å². The van der Waals surface area contributed by atoms with Gasteiger partial charge in [-0.15, -0.1) is 0 Å². The van der Waals surface area contributed by atoms with Crippen LogP contribution in [0.1, 0.15) is 19.4 Å². The highest BCUT2D eigenvalue weighted by Crippen LogP contribution is 2.26. The highest BCUT2D eigenvalue weighted by Gasteiger charge is 2.14. The number of rotatable bonds is 3. The molecular weight excluding hydrogens is 314 g/mol. The first-order valence-electron chi connectivity index (χ1n) is 6.60. The zero-order valence-corrected chi connectivity index (χ0v) is 13.2. The van der Waals surface area contributed by atoms with Crippen LogP contribution in [-0.4, -0.2) is 21.8 Å². The van der Waals surface area contributed by atoms with Crippen LogP contribution >= 0.6 is 12.2 Å². The molecule has 0 radical (unpaired) electrons. The third-order valence-electron chi connectivity index (χ3n) is 2.83. The lowest BCUT2D eigenvalue weighted by atomic mass is 10.1. The first-order valence-corrected chi connectivity index (χ1v) is 7.01. The van der Waals surface area contributed by atoms with Crippen LogP contribution in [0.4, 0.5) is 11.5 Å². The Morgan fingerprint density at radius 3 is 2.30 bits per heavy atom. The van der Waals surface area contributed by atoms with Crippen LogP contribution < -0.4 is 10.6 Å². The highest BCUT2D eigenvalue weighted by molar-refractivity contribution is 7.71. The lowest BCUT2D eigenvalue weighted by molar-refractivity contribution is -0.115. The van der Waals surface area contributed by atoms with E-state index in [1.165, 1.54) is 13.8 Å². The lowest BCUT2D eigenvalue weighted by Gasteiger charge is -2.10. The van der Waals surface area contributed by atoms with Crippen molar-refractivity contribution in [3.63, 3.8) is 0 Å². The number of nitrogens with one attached hydrogen (secondary N) is 3. The van der Waals surface area contributed by atoms with Gasteiger partial charge in [-0.25, -0.2) is 4.98 Å². The molecule has 0 aliphatic carbocycles. The van der Waals surface area contributed by atoms with Crippen molar-refractivity contribution in [2.75, 3.05) is 10.6 Å². The summed E-state index contributed by atoms with van der Waals surface area (Å²) in [6, 6.07) is 8.87. The number of hydrogen-bond acceptors (Lipinski definition) is 5. The number of amides is 2. The summed E-state index contributed by atoms with van der Waals surface area (Å²) in [6.07, 6.45) is 0. The fourth-order valence-electron chi connectivity index (χ4n) is 1.98. The Kier molecular flexibility index (Phi) is 4.83. The van der Waals surface area contributed by atoms with E-state index < -0.39 is 0 Å². The molecule has 116 valence electrons. The second-order valence-corrected chi connectivity index (χ2v) is 5.08. The molecule has 23 heavy (non-hydrogen) atoms. The van der Waals surface area contributed by atoms with Crippen molar-refractivity contribution in [2.24, 2.45) is 0 Å². The summed E-state index contributed by atoms with van der Waals surface area (Å²) >= 11 is 5.05. The van der Waals surface area contributed by atoms with Gasteiger partial charge < -0.3 is 15.6 Å². The minimum absolute atomic E-state index is 0.115. The number of carbonyl (C=O) groups excluding carboxylic acids is 2. The number of anilines is 2. The Bertz CT molecular complexity index is 865. The molecule has 0 spiro atoms. The molecule has 0 atom stereocenters. The van der Waals surface area contributed by atoms with Crippen molar-refractivity contribution in [3.05, 3.63) is 34.6 Å². The predicted molar refractivity (Wildman–Crippen MR) is 88.2 cm³/mol. The van der Waals surface area contributed by atoms with Gasteiger partial charge in [-0.05, 0) is 29.9 Å². The summed E-state index contributed by atoms with van der Waals surface area (Å²) in [6.45, 7) is 2.74. The zero-order chi connectivity index (χ0) is 17.0. The number of benzene rings is 1. The SMILES string of the molecule is CC(=O)Nc1ccc(-c2[nH]c(=S)nc(NC(C)=O)c2C#N)cc1. The number of hydrogen-bond donors (Lipinski definition) is 3. The molecule has 7 nitrogen and oxygen atoms in total. The van der Waals surface area contributed by atoms with Crippen molar-refractivity contribution < 1.29 is 9.59 Å². The standard InChI is InChI=1S/C15H13N5O2S/c1-8(21)17-11-5-3-10(4-6-11)13-12(7-16)14(18-9(2)22)20-15(23)19-13/h3-6H,1-2H3,(H,17,21)(H2,18,19,20,22,23). The average Bonchev–Trinajstić information content (AvgIpc) is 2.46. The Labute approximate surface area is 137 Å². The maximum Gasteiger partial charge on any atom is 0.222 e. The van der Waals surface area contributed by atoms with Crippen molar-refractivity contribution in [2.45, 2.75) is 13.8 Å². The van der Waals surface area contributed by atoms with Crippen LogP contribution in [0.3, 0.4) is 0 Å². The summed E-state index contributed by atoms with van der Waals surface area (Å²) in [5, 5.41) is 14.5. The van der Waals surface area contributed by atoms with Gasteiger partial charge in [-0.3, -0.25) is 9.59 Å². The van der Waals surface area contributed by atoms with Crippen molar-refractivity contribution in [3.8, 4) is 17.3 Å². The molecule has 2 aromatic rings. The van der Waals surface area contributed by atoms with Gasteiger partial charge in [0.2, 0.25) is 11.8 Å². The first-order chi connectivity index (χ1) is 10.9. The summed E-state index contributed by atoms with van der Waals surface area (Å²) in [5.41, 5.74) is 1.94. The minimum atomic E-state index is -0.346. The normalized spacial score (nSPS) is 9.78. The molecule has 0 bridgehead atoms. The van der Waals surface area contributed by atoms with Gasteiger partial charge in [0.25, 0.3) is 0 Å². The molecule has 0 aliphatic heterocycles. The fourth-order valence-corrected chi connectivity index (χ4v) is 2.17. The molecule has 2 amide bonds. The lowest BCUT2D eigenvalue weighted by Crippen LogP contribution is -2.11. The number of nitrogens with zero attached hydrogens (tertiary/aromatic N) is 2. The molecule has 1 aromatic carbocycles. The van der Waals surface area contributed by atoms with Crippen LogP contribution in [0, 0.1) is 16.1 Å². The first kappa shape index (κ1) is 16.3. The van der Waals surface area contributed by atoms with Crippen molar-refractivity contribution in [1.82, 2.24) is 9.97 Å². The number of carbonyl (C=O) groups is 2. The molecule has 0 aliphatic rings. The van der Waals surface area contributed by atoms with Gasteiger partial charge in [0.15, 0.2) is 10.6 Å². The van der Waals surface area contributed by atoms with E-state index in [9.17, 15) is 14.9 Å². The quantitative estimate of drug-likeness (QED) is 0.750. The van der Waals surface area contributed by atoms with Gasteiger partial charge in [0.05, 0.1) is 5.69 Å². The Morgan fingerprint density at radius 1 is 1.17 bits per heavy atom. The highest BCUT2D eigenvalue weighted by atomic mass is 32.1. The molecule has 0 saturated carbocycles. The Hall–Kier alpha value is -3.05. The molecule has 1 aromatic heterocycles. The molecular formula is C15H13N5O2S. The van der Waals surface area contributed by atoms with Crippen LogP contribution in [0.25, 0.3) is 11.3 Å². The average molecular weight is 327 g/mol. The van der Waals surface area contributed by atoms with E-state index in [0.717, 1.165) is 0 Å². The van der Waals surface area contributed by atoms with E-state index >= 15 is 0 Å². The fraction of sp³-hybridized carbons (Fsp3) is 0.133. The number of aromatic nitrogens is 2. The molecule has 0 fully saturated rings. The summed E-state index contributed by atoms with van der Waals surface area (Å²) in [4.78, 5) is 29.1.